The van der Waals surface area contributed by atoms with Crippen molar-refractivity contribution in [3.63, 3.8) is 0 Å². The van der Waals surface area contributed by atoms with Gasteiger partial charge in [-0.2, -0.15) is 0 Å². The van der Waals surface area contributed by atoms with Crippen molar-refractivity contribution in [2.45, 2.75) is 32.2 Å². The molecule has 0 spiro atoms. The van der Waals surface area contributed by atoms with Gasteiger partial charge in [0.1, 0.15) is 5.75 Å². The average molecular weight is 238 g/mol. The number of hydrogen-bond donors (Lipinski definition) is 1. The minimum atomic E-state index is -0.425. The van der Waals surface area contributed by atoms with Gasteiger partial charge in [0.2, 0.25) is 0 Å². The summed E-state index contributed by atoms with van der Waals surface area (Å²) in [4.78, 5) is 10.4. The van der Waals surface area contributed by atoms with E-state index in [1.54, 1.807) is 12.1 Å². The third-order valence-corrected chi connectivity index (χ3v) is 2.81. The van der Waals surface area contributed by atoms with E-state index in [-0.39, 0.29) is 11.2 Å². The highest BCUT2D eigenvalue weighted by atomic mass is 16.6. The van der Waals surface area contributed by atoms with Gasteiger partial charge in [-0.25, -0.2) is 0 Å². The number of ether oxygens (including phenoxy) is 1. The molecule has 17 heavy (non-hydrogen) atoms. The Labute approximate surface area is 101 Å². The zero-order chi connectivity index (χ0) is 13.1. The highest BCUT2D eigenvalue weighted by Crippen LogP contribution is 2.25. The molecule has 0 bridgehead atoms. The summed E-state index contributed by atoms with van der Waals surface area (Å²) in [5.41, 5.74) is 6.55. The first-order valence-corrected chi connectivity index (χ1v) is 5.49. The molecular weight excluding hydrogens is 220 g/mol. The van der Waals surface area contributed by atoms with Crippen LogP contribution in [0, 0.1) is 10.1 Å². The lowest BCUT2D eigenvalue weighted by Gasteiger charge is -2.22. The molecule has 0 aliphatic rings. The molecule has 5 nitrogen and oxygen atoms in total. The van der Waals surface area contributed by atoms with E-state index in [1.165, 1.54) is 13.2 Å². The highest BCUT2D eigenvalue weighted by Gasteiger charge is 2.19. The van der Waals surface area contributed by atoms with Crippen molar-refractivity contribution in [2.75, 3.05) is 7.11 Å². The molecule has 0 heterocycles. The van der Waals surface area contributed by atoms with Crippen molar-refractivity contribution in [3.05, 3.63) is 33.9 Å². The van der Waals surface area contributed by atoms with E-state index in [4.69, 9.17) is 10.5 Å². The van der Waals surface area contributed by atoms with E-state index in [0.29, 0.717) is 12.2 Å². The molecule has 1 unspecified atom stereocenters. The van der Waals surface area contributed by atoms with Crippen molar-refractivity contribution >= 4 is 5.69 Å². The number of benzene rings is 1. The predicted octanol–water partition coefficient (Wildman–Crippen LogP) is 2.27. The van der Waals surface area contributed by atoms with E-state index in [1.807, 2.05) is 13.8 Å². The van der Waals surface area contributed by atoms with Crippen LogP contribution in [-0.2, 0) is 6.42 Å². The molecule has 0 saturated carbocycles. The summed E-state index contributed by atoms with van der Waals surface area (Å²) < 4.78 is 5.05. The van der Waals surface area contributed by atoms with Gasteiger partial charge in [0.05, 0.1) is 18.1 Å². The average Bonchev–Trinajstić information content (AvgIpc) is 2.28. The van der Waals surface area contributed by atoms with Crippen LogP contribution in [0.2, 0.25) is 0 Å². The second-order valence-electron chi connectivity index (χ2n) is 4.48. The summed E-state index contributed by atoms with van der Waals surface area (Å²) in [5.74, 6) is 0.487. The SMILES string of the molecule is CCC(C)(N)Cc1cc(OC)cc([N+](=O)[O-])c1. The van der Waals surface area contributed by atoms with Gasteiger partial charge in [-0.1, -0.05) is 6.92 Å². The fourth-order valence-electron chi connectivity index (χ4n) is 1.56. The Hall–Kier alpha value is -1.62. The maximum atomic E-state index is 10.8. The van der Waals surface area contributed by atoms with Crippen molar-refractivity contribution < 1.29 is 9.66 Å². The van der Waals surface area contributed by atoms with Crippen LogP contribution in [0.5, 0.6) is 5.75 Å². The zero-order valence-corrected chi connectivity index (χ0v) is 10.4. The second kappa shape index (κ2) is 5.14. The quantitative estimate of drug-likeness (QED) is 0.630. The first-order chi connectivity index (χ1) is 7.88. The molecular formula is C12H18N2O3. The molecule has 2 N–H and O–H groups in total. The van der Waals surface area contributed by atoms with Gasteiger partial charge in [0.25, 0.3) is 5.69 Å². The number of nitrogens with two attached hydrogens (primary N) is 1. The highest BCUT2D eigenvalue weighted by molar-refractivity contribution is 5.43. The fourth-order valence-corrected chi connectivity index (χ4v) is 1.56. The second-order valence-corrected chi connectivity index (χ2v) is 4.48. The maximum absolute atomic E-state index is 10.8. The molecule has 0 amide bonds. The van der Waals surface area contributed by atoms with Gasteiger partial charge >= 0.3 is 0 Å². The van der Waals surface area contributed by atoms with Crippen molar-refractivity contribution in [1.29, 1.82) is 0 Å². The standard InChI is InChI=1S/C12H18N2O3/c1-4-12(2,13)8-9-5-10(14(15)16)7-11(6-9)17-3/h5-7H,4,8,13H2,1-3H3. The van der Waals surface area contributed by atoms with Crippen molar-refractivity contribution in [3.8, 4) is 5.75 Å². The third-order valence-electron chi connectivity index (χ3n) is 2.81. The molecule has 0 aromatic heterocycles. The first-order valence-electron chi connectivity index (χ1n) is 5.49. The number of rotatable bonds is 5. The number of hydrogen-bond acceptors (Lipinski definition) is 4. The van der Waals surface area contributed by atoms with Crippen molar-refractivity contribution in [1.82, 2.24) is 0 Å². The fraction of sp³-hybridized carbons (Fsp3) is 0.500. The maximum Gasteiger partial charge on any atom is 0.273 e. The van der Waals surface area contributed by atoms with E-state index in [9.17, 15) is 10.1 Å². The van der Waals surface area contributed by atoms with Crippen LogP contribution >= 0.6 is 0 Å². The largest absolute Gasteiger partial charge is 0.496 e. The molecule has 1 aromatic carbocycles. The van der Waals surface area contributed by atoms with Gasteiger partial charge in [-0.15, -0.1) is 0 Å². The van der Waals surface area contributed by atoms with Crippen LogP contribution in [0.15, 0.2) is 18.2 Å². The van der Waals surface area contributed by atoms with Gasteiger partial charge in [-0.05, 0) is 31.4 Å². The van der Waals surface area contributed by atoms with E-state index < -0.39 is 4.92 Å². The number of nitro benzene ring substituents is 1. The zero-order valence-electron chi connectivity index (χ0n) is 10.4. The molecule has 1 rings (SSSR count). The molecule has 0 fully saturated rings. The predicted molar refractivity (Wildman–Crippen MR) is 66.2 cm³/mol. The van der Waals surface area contributed by atoms with Crippen molar-refractivity contribution in [2.24, 2.45) is 5.73 Å². The van der Waals surface area contributed by atoms with Crippen LogP contribution in [-0.4, -0.2) is 17.6 Å². The van der Waals surface area contributed by atoms with Crippen LogP contribution in [0.25, 0.3) is 0 Å². The molecule has 0 aliphatic heterocycles. The Balaban J connectivity index is 3.07. The first kappa shape index (κ1) is 13.4. The normalized spacial score (nSPS) is 14.1. The number of nitrogens with zero attached hydrogens (tertiary/aromatic N) is 1. The Kier molecular flexibility index (Phi) is 4.07. The minimum Gasteiger partial charge on any atom is -0.496 e. The molecule has 0 radical (unpaired) electrons. The molecule has 1 atom stereocenters. The third kappa shape index (κ3) is 3.71. The topological polar surface area (TPSA) is 78.4 Å². The van der Waals surface area contributed by atoms with Gasteiger partial charge in [-0.3, -0.25) is 10.1 Å². The van der Waals surface area contributed by atoms with Gasteiger partial charge < -0.3 is 10.5 Å². The molecule has 0 saturated heterocycles. The summed E-state index contributed by atoms with van der Waals surface area (Å²) in [7, 11) is 1.49. The lowest BCUT2D eigenvalue weighted by atomic mass is 9.91. The lowest BCUT2D eigenvalue weighted by Crippen LogP contribution is -2.37. The van der Waals surface area contributed by atoms with Crippen LogP contribution < -0.4 is 10.5 Å². The number of nitro groups is 1. The molecule has 5 heteroatoms. The van der Waals surface area contributed by atoms with E-state index >= 15 is 0 Å². The molecule has 0 aliphatic carbocycles. The Bertz CT molecular complexity index is 416. The van der Waals surface area contributed by atoms with E-state index in [0.717, 1.165) is 12.0 Å². The molecule has 1 aromatic rings. The minimum absolute atomic E-state index is 0.0336. The lowest BCUT2D eigenvalue weighted by molar-refractivity contribution is -0.385. The van der Waals surface area contributed by atoms with Gasteiger partial charge in [0.15, 0.2) is 0 Å². The summed E-state index contributed by atoms with van der Waals surface area (Å²) in [6, 6.07) is 4.74. The van der Waals surface area contributed by atoms with E-state index in [2.05, 4.69) is 0 Å². The van der Waals surface area contributed by atoms with Crippen LogP contribution in [0.4, 0.5) is 5.69 Å². The van der Waals surface area contributed by atoms with Gasteiger partial charge in [0, 0.05) is 11.6 Å². The van der Waals surface area contributed by atoms with Crippen LogP contribution in [0.3, 0.4) is 0 Å². The Morgan fingerprint density at radius 3 is 2.59 bits per heavy atom. The monoisotopic (exact) mass is 238 g/mol. The Morgan fingerprint density at radius 1 is 1.47 bits per heavy atom. The Morgan fingerprint density at radius 2 is 2.12 bits per heavy atom. The van der Waals surface area contributed by atoms with Crippen LogP contribution in [0.1, 0.15) is 25.8 Å². The smallest absolute Gasteiger partial charge is 0.273 e. The summed E-state index contributed by atoms with van der Waals surface area (Å²) >= 11 is 0. The number of methoxy groups -OCH3 is 1. The number of non-ortho nitro benzene ring substituents is 1. The summed E-state index contributed by atoms with van der Waals surface area (Å²) in [6.45, 7) is 3.92. The summed E-state index contributed by atoms with van der Waals surface area (Å²) in [5, 5.41) is 10.8. The molecule has 94 valence electrons. The summed E-state index contributed by atoms with van der Waals surface area (Å²) in [6.07, 6.45) is 1.39.